The number of nitrogens with zero attached hydrogens (tertiary/aromatic N) is 3. The van der Waals surface area contributed by atoms with Gasteiger partial charge in [-0.2, -0.15) is 15.8 Å². The maximum atomic E-state index is 11.2. The number of nitrogens with one attached hydrogen (secondary N) is 1. The van der Waals surface area contributed by atoms with Gasteiger partial charge < -0.3 is 15.2 Å². The first-order valence-electron chi connectivity index (χ1n) is 5.20. The fourth-order valence-corrected chi connectivity index (χ4v) is 1.44. The van der Waals surface area contributed by atoms with Crippen LogP contribution in [0, 0.1) is 34.0 Å². The van der Waals surface area contributed by atoms with E-state index in [2.05, 4.69) is 5.32 Å². The molecule has 0 heterocycles. The standard InChI is InChI=1S/C13H8N4O3/c1-20-11-4-2-3-9(12(11)13(18)19)17-10(7-16)8(5-14)6-15/h2-4,17H,1H3,(H,18,19). The Morgan fingerprint density at radius 2 is 1.90 bits per heavy atom. The molecule has 0 saturated heterocycles. The number of hydrogen-bond acceptors (Lipinski definition) is 6. The molecule has 1 aromatic carbocycles. The normalized spacial score (nSPS) is 8.50. The molecule has 0 radical (unpaired) electrons. The summed E-state index contributed by atoms with van der Waals surface area (Å²) in [5.41, 5.74) is -0.910. The molecule has 0 aliphatic carbocycles. The van der Waals surface area contributed by atoms with Crippen molar-refractivity contribution < 1.29 is 14.6 Å². The van der Waals surface area contributed by atoms with Crippen molar-refractivity contribution in [2.75, 3.05) is 12.4 Å². The maximum Gasteiger partial charge on any atom is 0.341 e. The Balaban J connectivity index is 3.41. The molecule has 98 valence electrons. The highest BCUT2D eigenvalue weighted by molar-refractivity contribution is 5.98. The van der Waals surface area contributed by atoms with Crippen molar-refractivity contribution in [3.05, 3.63) is 35.0 Å². The summed E-state index contributed by atoms with van der Waals surface area (Å²) in [6.45, 7) is 0. The Morgan fingerprint density at radius 1 is 1.25 bits per heavy atom. The van der Waals surface area contributed by atoms with Crippen molar-refractivity contribution in [1.82, 2.24) is 0 Å². The second-order valence-electron chi connectivity index (χ2n) is 3.40. The first kappa shape index (κ1) is 14.6. The third-order valence-corrected chi connectivity index (χ3v) is 2.31. The van der Waals surface area contributed by atoms with Gasteiger partial charge in [0, 0.05) is 0 Å². The lowest BCUT2D eigenvalue weighted by atomic mass is 10.1. The smallest absolute Gasteiger partial charge is 0.341 e. The maximum absolute atomic E-state index is 11.2. The molecule has 0 unspecified atom stereocenters. The lowest BCUT2D eigenvalue weighted by molar-refractivity contribution is 0.0694. The summed E-state index contributed by atoms with van der Waals surface area (Å²) < 4.78 is 4.93. The fourth-order valence-electron chi connectivity index (χ4n) is 1.44. The van der Waals surface area contributed by atoms with Gasteiger partial charge in [0.05, 0.1) is 12.8 Å². The zero-order chi connectivity index (χ0) is 15.1. The summed E-state index contributed by atoms with van der Waals surface area (Å²) in [4.78, 5) is 11.2. The van der Waals surface area contributed by atoms with Crippen molar-refractivity contribution in [2.45, 2.75) is 0 Å². The molecule has 20 heavy (non-hydrogen) atoms. The number of carboxylic acids is 1. The van der Waals surface area contributed by atoms with Crippen LogP contribution in [0.2, 0.25) is 0 Å². The molecule has 0 fully saturated rings. The molecular weight excluding hydrogens is 260 g/mol. The van der Waals surface area contributed by atoms with Gasteiger partial charge in [0.25, 0.3) is 0 Å². The number of benzene rings is 1. The molecule has 1 rings (SSSR count). The Morgan fingerprint density at radius 3 is 2.35 bits per heavy atom. The van der Waals surface area contributed by atoms with E-state index in [1.165, 1.54) is 25.3 Å². The quantitative estimate of drug-likeness (QED) is 0.793. The average molecular weight is 268 g/mol. The molecule has 0 spiro atoms. The number of allylic oxidation sites excluding steroid dienone is 2. The van der Waals surface area contributed by atoms with Crippen LogP contribution < -0.4 is 10.1 Å². The predicted molar refractivity (Wildman–Crippen MR) is 67.4 cm³/mol. The Hall–Kier alpha value is -3.50. The van der Waals surface area contributed by atoms with Crippen LogP contribution >= 0.6 is 0 Å². The van der Waals surface area contributed by atoms with E-state index in [-0.39, 0.29) is 22.7 Å². The summed E-state index contributed by atoms with van der Waals surface area (Å²) in [5, 5.41) is 38.0. The second-order valence-corrected chi connectivity index (χ2v) is 3.40. The van der Waals surface area contributed by atoms with Crippen LogP contribution in [0.25, 0.3) is 0 Å². The van der Waals surface area contributed by atoms with Crippen LogP contribution in [-0.2, 0) is 0 Å². The number of rotatable bonds is 4. The van der Waals surface area contributed by atoms with Crippen LogP contribution in [0.4, 0.5) is 5.69 Å². The van der Waals surface area contributed by atoms with Gasteiger partial charge in [0.2, 0.25) is 0 Å². The van der Waals surface area contributed by atoms with Crippen molar-refractivity contribution in [1.29, 1.82) is 15.8 Å². The topological polar surface area (TPSA) is 130 Å². The highest BCUT2D eigenvalue weighted by Crippen LogP contribution is 2.27. The zero-order valence-corrected chi connectivity index (χ0v) is 10.3. The molecule has 7 heteroatoms. The van der Waals surface area contributed by atoms with E-state index in [4.69, 9.17) is 25.6 Å². The van der Waals surface area contributed by atoms with E-state index >= 15 is 0 Å². The third-order valence-electron chi connectivity index (χ3n) is 2.31. The summed E-state index contributed by atoms with van der Waals surface area (Å²) in [6.07, 6.45) is 0. The Labute approximate surface area is 114 Å². The lowest BCUT2D eigenvalue weighted by Gasteiger charge is -2.11. The van der Waals surface area contributed by atoms with Gasteiger partial charge >= 0.3 is 5.97 Å². The molecule has 2 N–H and O–H groups in total. The van der Waals surface area contributed by atoms with Crippen LogP contribution in [0.1, 0.15) is 10.4 Å². The molecular formula is C13H8N4O3. The van der Waals surface area contributed by atoms with Crippen LogP contribution in [0.5, 0.6) is 5.75 Å². The predicted octanol–water partition coefficient (Wildman–Crippen LogP) is 1.63. The number of nitriles is 3. The van der Waals surface area contributed by atoms with Gasteiger partial charge in [0.1, 0.15) is 35.2 Å². The summed E-state index contributed by atoms with van der Waals surface area (Å²) >= 11 is 0. The summed E-state index contributed by atoms with van der Waals surface area (Å²) in [6, 6.07) is 9.11. The second kappa shape index (κ2) is 6.44. The van der Waals surface area contributed by atoms with Crippen molar-refractivity contribution in [3.8, 4) is 24.0 Å². The van der Waals surface area contributed by atoms with E-state index in [9.17, 15) is 4.79 Å². The number of methoxy groups -OCH3 is 1. The van der Waals surface area contributed by atoms with Crippen LogP contribution in [0.3, 0.4) is 0 Å². The minimum absolute atomic E-state index is 0.0522. The molecule has 0 aliphatic rings. The number of hydrogen-bond donors (Lipinski definition) is 2. The molecule has 0 bridgehead atoms. The van der Waals surface area contributed by atoms with Gasteiger partial charge in [-0.1, -0.05) is 6.07 Å². The fraction of sp³-hybridized carbons (Fsp3) is 0.0769. The van der Waals surface area contributed by atoms with Crippen LogP contribution in [0.15, 0.2) is 29.5 Å². The van der Waals surface area contributed by atoms with E-state index < -0.39 is 11.5 Å². The average Bonchev–Trinajstić information content (AvgIpc) is 2.46. The molecule has 0 atom stereocenters. The largest absolute Gasteiger partial charge is 0.496 e. The SMILES string of the molecule is COc1cccc(NC(C#N)=C(C#N)C#N)c1C(=O)O. The van der Waals surface area contributed by atoms with E-state index in [0.29, 0.717) is 0 Å². The first-order valence-corrected chi connectivity index (χ1v) is 5.20. The Bertz CT molecular complexity index is 686. The van der Waals surface area contributed by atoms with Crippen LogP contribution in [-0.4, -0.2) is 18.2 Å². The molecule has 1 aromatic rings. The zero-order valence-electron chi connectivity index (χ0n) is 10.3. The number of aromatic carboxylic acids is 1. The molecule has 0 amide bonds. The van der Waals surface area contributed by atoms with Gasteiger partial charge in [-0.15, -0.1) is 0 Å². The van der Waals surface area contributed by atoms with Crippen molar-refractivity contribution in [2.24, 2.45) is 0 Å². The number of anilines is 1. The minimum atomic E-state index is -1.27. The van der Waals surface area contributed by atoms with E-state index in [0.717, 1.165) is 0 Å². The number of carboxylic acid groups (broad SMARTS) is 1. The highest BCUT2D eigenvalue weighted by atomic mass is 16.5. The number of ether oxygens (including phenoxy) is 1. The monoisotopic (exact) mass is 268 g/mol. The molecule has 7 nitrogen and oxygen atoms in total. The van der Waals surface area contributed by atoms with E-state index in [1.807, 2.05) is 0 Å². The van der Waals surface area contributed by atoms with Gasteiger partial charge in [-0.05, 0) is 12.1 Å². The Kier molecular flexibility index (Phi) is 4.69. The lowest BCUT2D eigenvalue weighted by Crippen LogP contribution is -2.08. The van der Waals surface area contributed by atoms with Crippen molar-refractivity contribution in [3.63, 3.8) is 0 Å². The summed E-state index contributed by atoms with van der Waals surface area (Å²) in [7, 11) is 1.31. The van der Waals surface area contributed by atoms with Crippen molar-refractivity contribution >= 4 is 11.7 Å². The molecule has 0 saturated carbocycles. The minimum Gasteiger partial charge on any atom is -0.496 e. The molecule has 0 aromatic heterocycles. The third kappa shape index (κ3) is 2.84. The van der Waals surface area contributed by atoms with Gasteiger partial charge in [-0.3, -0.25) is 0 Å². The van der Waals surface area contributed by atoms with Gasteiger partial charge in [0.15, 0.2) is 5.57 Å². The summed E-state index contributed by atoms with van der Waals surface area (Å²) in [5.74, 6) is -1.17. The number of carbonyl (C=O) groups is 1. The molecule has 0 aliphatic heterocycles. The van der Waals surface area contributed by atoms with E-state index in [1.54, 1.807) is 18.2 Å². The first-order chi connectivity index (χ1) is 9.58. The van der Waals surface area contributed by atoms with Gasteiger partial charge in [-0.25, -0.2) is 4.79 Å². The highest BCUT2D eigenvalue weighted by Gasteiger charge is 2.18.